The maximum atomic E-state index is 13.9. The highest BCUT2D eigenvalue weighted by atomic mass is 35.5. The van der Waals surface area contributed by atoms with Crippen LogP contribution in [0.1, 0.15) is 60.3 Å². The van der Waals surface area contributed by atoms with Gasteiger partial charge in [0, 0.05) is 36.9 Å². The van der Waals surface area contributed by atoms with E-state index >= 15 is 0 Å². The van der Waals surface area contributed by atoms with Crippen molar-refractivity contribution in [3.8, 4) is 0 Å². The summed E-state index contributed by atoms with van der Waals surface area (Å²) in [5.74, 6) is -0.0916. The smallest absolute Gasteiger partial charge is 0.248 e. The van der Waals surface area contributed by atoms with Crippen molar-refractivity contribution in [2.45, 2.75) is 72.9 Å². The standard InChI is InChI=1S/C30H41ClN6O3S/c1-19-20(2)22(4)27(23(5)21(19)3)41(39,40)36-15-13-35(14-16-36)29(38)28(30(6,7)8)37-18-26(33-34-37)17-32-25-11-9-24(31)10-12-25/h9-12,18,28,32H,13-17H2,1-8H3. The molecule has 0 aliphatic carbocycles. The van der Waals surface area contributed by atoms with Crippen LogP contribution < -0.4 is 5.32 Å². The normalized spacial score (nSPS) is 15.7. The van der Waals surface area contributed by atoms with Gasteiger partial charge in [0.05, 0.1) is 17.6 Å². The van der Waals surface area contributed by atoms with E-state index < -0.39 is 21.5 Å². The minimum absolute atomic E-state index is 0.0916. The molecule has 1 aliphatic rings. The van der Waals surface area contributed by atoms with Gasteiger partial charge < -0.3 is 10.2 Å². The van der Waals surface area contributed by atoms with E-state index in [2.05, 4.69) is 15.6 Å². The molecule has 0 saturated carbocycles. The Morgan fingerprint density at radius 2 is 1.46 bits per heavy atom. The molecule has 1 saturated heterocycles. The Bertz CT molecular complexity index is 1510. The summed E-state index contributed by atoms with van der Waals surface area (Å²) in [5, 5.41) is 12.6. The molecule has 2 heterocycles. The topological polar surface area (TPSA) is 100 Å². The van der Waals surface area contributed by atoms with Crippen LogP contribution in [0, 0.1) is 40.0 Å². The fourth-order valence-corrected chi connectivity index (χ4v) is 7.57. The molecule has 0 spiro atoms. The first-order valence-electron chi connectivity index (χ1n) is 13.9. The second-order valence-corrected chi connectivity index (χ2v) is 14.3. The minimum atomic E-state index is -3.71. The number of rotatable bonds is 7. The lowest BCUT2D eigenvalue weighted by molar-refractivity contribution is -0.139. The van der Waals surface area contributed by atoms with Crippen LogP contribution in [0.15, 0.2) is 35.4 Å². The molecule has 222 valence electrons. The number of anilines is 1. The number of halogens is 1. The fraction of sp³-hybridized carbons (Fsp3) is 0.500. The molecule has 1 unspecified atom stereocenters. The first-order valence-corrected chi connectivity index (χ1v) is 15.7. The van der Waals surface area contributed by atoms with Crippen LogP contribution in [0.4, 0.5) is 5.69 Å². The molecular formula is C30H41ClN6O3S. The number of aromatic nitrogens is 3. The van der Waals surface area contributed by atoms with E-state index in [-0.39, 0.29) is 19.0 Å². The van der Waals surface area contributed by atoms with Crippen molar-refractivity contribution in [2.75, 3.05) is 31.5 Å². The average molecular weight is 601 g/mol. The van der Waals surface area contributed by atoms with E-state index in [1.807, 2.05) is 79.7 Å². The molecule has 4 rings (SSSR count). The first-order chi connectivity index (χ1) is 19.1. The fourth-order valence-electron chi connectivity index (χ4n) is 5.46. The highest BCUT2D eigenvalue weighted by molar-refractivity contribution is 7.89. The highest BCUT2D eigenvalue weighted by Crippen LogP contribution is 2.34. The lowest BCUT2D eigenvalue weighted by Crippen LogP contribution is -2.53. The summed E-state index contributed by atoms with van der Waals surface area (Å²) in [6.45, 7) is 17.3. The second kappa shape index (κ2) is 11.7. The van der Waals surface area contributed by atoms with Gasteiger partial charge in [-0.3, -0.25) is 4.79 Å². The van der Waals surface area contributed by atoms with Crippen molar-refractivity contribution < 1.29 is 13.2 Å². The number of sulfonamides is 1. The lowest BCUT2D eigenvalue weighted by Gasteiger charge is -2.39. The Labute approximate surface area is 248 Å². The molecular weight excluding hydrogens is 560 g/mol. The predicted molar refractivity (Wildman–Crippen MR) is 163 cm³/mol. The number of piperazine rings is 1. The number of benzene rings is 2. The van der Waals surface area contributed by atoms with Crippen molar-refractivity contribution in [2.24, 2.45) is 5.41 Å². The molecule has 11 heteroatoms. The molecule has 0 radical (unpaired) electrons. The predicted octanol–water partition coefficient (Wildman–Crippen LogP) is 5.21. The van der Waals surface area contributed by atoms with E-state index in [4.69, 9.17) is 11.6 Å². The first kappa shape index (κ1) is 31.0. The Kier molecular flexibility index (Phi) is 8.87. The minimum Gasteiger partial charge on any atom is -0.379 e. The van der Waals surface area contributed by atoms with Gasteiger partial charge >= 0.3 is 0 Å². The van der Waals surface area contributed by atoms with Crippen LogP contribution in [0.5, 0.6) is 0 Å². The SMILES string of the molecule is Cc1c(C)c(C)c(S(=O)(=O)N2CCN(C(=O)C(n3cc(CNc4ccc(Cl)cc4)nn3)C(C)(C)C)CC2)c(C)c1C. The lowest BCUT2D eigenvalue weighted by atomic mass is 9.85. The Hall–Kier alpha value is -2.95. The quantitative estimate of drug-likeness (QED) is 0.400. The van der Waals surface area contributed by atoms with Crippen molar-refractivity contribution >= 4 is 33.2 Å². The number of nitrogens with zero attached hydrogens (tertiary/aromatic N) is 5. The number of carbonyl (C=O) groups excluding carboxylic acids is 1. The van der Waals surface area contributed by atoms with Crippen molar-refractivity contribution in [3.63, 3.8) is 0 Å². The van der Waals surface area contributed by atoms with Crippen LogP contribution in [-0.4, -0.2) is 64.7 Å². The van der Waals surface area contributed by atoms with Crippen LogP contribution in [0.2, 0.25) is 5.02 Å². The van der Waals surface area contributed by atoms with Crippen LogP contribution in [0.25, 0.3) is 0 Å². The second-order valence-electron chi connectivity index (χ2n) is 12.0. The molecule has 41 heavy (non-hydrogen) atoms. The van der Waals surface area contributed by atoms with Gasteiger partial charge in [0.1, 0.15) is 11.7 Å². The molecule has 1 fully saturated rings. The molecule has 1 aliphatic heterocycles. The van der Waals surface area contributed by atoms with Gasteiger partial charge in [0.2, 0.25) is 15.9 Å². The van der Waals surface area contributed by atoms with Crippen molar-refractivity contribution in [1.82, 2.24) is 24.2 Å². The van der Waals surface area contributed by atoms with E-state index in [0.717, 1.165) is 33.5 Å². The highest BCUT2D eigenvalue weighted by Gasteiger charge is 2.40. The number of hydrogen-bond acceptors (Lipinski definition) is 6. The van der Waals surface area contributed by atoms with E-state index in [9.17, 15) is 13.2 Å². The molecule has 1 amide bonds. The molecule has 0 bridgehead atoms. The summed E-state index contributed by atoms with van der Waals surface area (Å²) in [5.41, 5.74) is 5.88. The largest absolute Gasteiger partial charge is 0.379 e. The van der Waals surface area contributed by atoms with Gasteiger partial charge in [-0.05, 0) is 92.1 Å². The van der Waals surface area contributed by atoms with Crippen molar-refractivity contribution in [3.05, 3.63) is 69.0 Å². The molecule has 3 aromatic rings. The summed E-state index contributed by atoms with van der Waals surface area (Å²) in [7, 11) is -3.71. The molecule has 1 atom stereocenters. The zero-order valence-electron chi connectivity index (χ0n) is 25.2. The number of amides is 1. The van der Waals surface area contributed by atoms with Gasteiger partial charge in [-0.25, -0.2) is 13.1 Å². The van der Waals surface area contributed by atoms with Crippen LogP contribution in [0.3, 0.4) is 0 Å². The summed E-state index contributed by atoms with van der Waals surface area (Å²) in [4.78, 5) is 16.0. The van der Waals surface area contributed by atoms with Crippen LogP contribution in [-0.2, 0) is 21.4 Å². The monoisotopic (exact) mass is 600 g/mol. The summed E-state index contributed by atoms with van der Waals surface area (Å²) >= 11 is 5.97. The third-order valence-electron chi connectivity index (χ3n) is 8.27. The molecule has 1 N–H and O–H groups in total. The van der Waals surface area contributed by atoms with Gasteiger partial charge in [0.25, 0.3) is 0 Å². The Balaban J connectivity index is 1.48. The third kappa shape index (κ3) is 6.29. The van der Waals surface area contributed by atoms with E-state index in [1.165, 1.54) is 4.31 Å². The maximum Gasteiger partial charge on any atom is 0.248 e. The average Bonchev–Trinajstić information content (AvgIpc) is 3.37. The third-order valence-corrected chi connectivity index (χ3v) is 10.7. The zero-order valence-corrected chi connectivity index (χ0v) is 26.8. The summed E-state index contributed by atoms with van der Waals surface area (Å²) < 4.78 is 30.8. The van der Waals surface area contributed by atoms with Gasteiger partial charge in [-0.15, -0.1) is 5.10 Å². The van der Waals surface area contributed by atoms with Gasteiger partial charge in [-0.2, -0.15) is 4.31 Å². The maximum absolute atomic E-state index is 13.9. The molecule has 2 aromatic carbocycles. The number of hydrogen-bond donors (Lipinski definition) is 1. The van der Waals surface area contributed by atoms with Crippen LogP contribution >= 0.6 is 11.6 Å². The number of nitrogens with one attached hydrogen (secondary N) is 1. The summed E-state index contributed by atoms with van der Waals surface area (Å²) in [6.07, 6.45) is 1.80. The van der Waals surface area contributed by atoms with E-state index in [1.54, 1.807) is 15.8 Å². The van der Waals surface area contributed by atoms with Crippen molar-refractivity contribution in [1.29, 1.82) is 0 Å². The Morgan fingerprint density at radius 3 is 2.00 bits per heavy atom. The van der Waals surface area contributed by atoms with Gasteiger partial charge in [0.15, 0.2) is 0 Å². The van der Waals surface area contributed by atoms with Gasteiger partial charge in [-0.1, -0.05) is 37.6 Å². The summed E-state index contributed by atoms with van der Waals surface area (Å²) in [6, 6.07) is 6.81. The number of carbonyl (C=O) groups is 1. The zero-order chi connectivity index (χ0) is 30.3. The molecule has 1 aromatic heterocycles. The van der Waals surface area contributed by atoms with E-state index in [0.29, 0.717) is 35.2 Å². The molecule has 9 nitrogen and oxygen atoms in total. The Morgan fingerprint density at radius 1 is 0.927 bits per heavy atom.